The normalized spacial score (nSPS) is 15.8. The predicted octanol–water partition coefficient (Wildman–Crippen LogP) is 5.64. The van der Waals surface area contributed by atoms with E-state index in [0.717, 1.165) is 21.5 Å². The summed E-state index contributed by atoms with van der Waals surface area (Å²) < 4.78 is 6.23. The Kier molecular flexibility index (Phi) is 4.65. The van der Waals surface area contributed by atoms with Crippen LogP contribution in [0.4, 0.5) is 0 Å². The molecule has 1 aromatic heterocycles. The van der Waals surface area contributed by atoms with E-state index in [1.807, 2.05) is 41.3 Å². The SMILES string of the molecule is COc1ccc(C(Cl)c2cc3c(s2)CCSC3)c(Br)c1. The van der Waals surface area contributed by atoms with E-state index in [4.69, 9.17) is 16.3 Å². The molecule has 1 aliphatic rings. The number of methoxy groups -OCH3 is 1. The Hall–Kier alpha value is -0.160. The van der Waals surface area contributed by atoms with Crippen molar-refractivity contribution in [3.05, 3.63) is 49.6 Å². The molecule has 1 atom stereocenters. The molecule has 2 aromatic rings. The van der Waals surface area contributed by atoms with Crippen LogP contribution in [0, 0.1) is 0 Å². The van der Waals surface area contributed by atoms with E-state index in [9.17, 15) is 0 Å². The molecule has 0 N–H and O–H groups in total. The number of benzene rings is 1. The van der Waals surface area contributed by atoms with Crippen molar-refractivity contribution in [2.75, 3.05) is 12.9 Å². The first-order valence-corrected chi connectivity index (χ1v) is 9.56. The molecule has 0 fully saturated rings. The summed E-state index contributed by atoms with van der Waals surface area (Å²) in [5.74, 6) is 3.19. The first-order chi connectivity index (χ1) is 9.69. The second kappa shape index (κ2) is 6.30. The van der Waals surface area contributed by atoms with Crippen molar-refractivity contribution in [3.8, 4) is 5.75 Å². The van der Waals surface area contributed by atoms with E-state index >= 15 is 0 Å². The van der Waals surface area contributed by atoms with Crippen molar-refractivity contribution in [1.82, 2.24) is 0 Å². The zero-order valence-electron chi connectivity index (χ0n) is 11.0. The van der Waals surface area contributed by atoms with Crippen molar-refractivity contribution < 1.29 is 4.74 Å². The highest BCUT2D eigenvalue weighted by Crippen LogP contribution is 2.41. The number of aryl methyl sites for hydroxylation is 1. The molecule has 1 aliphatic heterocycles. The predicted molar refractivity (Wildman–Crippen MR) is 92.6 cm³/mol. The Morgan fingerprint density at radius 1 is 1.35 bits per heavy atom. The topological polar surface area (TPSA) is 9.23 Å². The maximum Gasteiger partial charge on any atom is 0.120 e. The fourth-order valence-electron chi connectivity index (χ4n) is 2.29. The molecule has 0 radical (unpaired) electrons. The summed E-state index contributed by atoms with van der Waals surface area (Å²) in [6.07, 6.45) is 1.18. The number of fused-ring (bicyclic) bond motifs is 1. The second-order valence-corrected chi connectivity index (χ2v) is 8.21. The molecule has 106 valence electrons. The van der Waals surface area contributed by atoms with Gasteiger partial charge in [0, 0.05) is 20.0 Å². The lowest BCUT2D eigenvalue weighted by Crippen LogP contribution is -1.96. The van der Waals surface area contributed by atoms with Crippen LogP contribution in [0.2, 0.25) is 0 Å². The maximum absolute atomic E-state index is 6.68. The zero-order chi connectivity index (χ0) is 14.1. The monoisotopic (exact) mass is 388 g/mol. The molecule has 0 bridgehead atoms. The molecule has 1 unspecified atom stereocenters. The minimum Gasteiger partial charge on any atom is -0.497 e. The number of rotatable bonds is 3. The van der Waals surface area contributed by atoms with Crippen LogP contribution < -0.4 is 4.74 Å². The van der Waals surface area contributed by atoms with Crippen LogP contribution >= 0.6 is 50.6 Å². The van der Waals surface area contributed by atoms with Gasteiger partial charge >= 0.3 is 0 Å². The Morgan fingerprint density at radius 3 is 2.90 bits per heavy atom. The van der Waals surface area contributed by atoms with Crippen LogP contribution in [-0.4, -0.2) is 12.9 Å². The smallest absolute Gasteiger partial charge is 0.120 e. The molecule has 0 saturated heterocycles. The average Bonchev–Trinajstić information content (AvgIpc) is 2.90. The number of alkyl halides is 1. The van der Waals surface area contributed by atoms with Gasteiger partial charge in [-0.1, -0.05) is 22.0 Å². The quantitative estimate of drug-likeness (QED) is 0.628. The molecule has 0 spiro atoms. The number of hydrogen-bond acceptors (Lipinski definition) is 3. The lowest BCUT2D eigenvalue weighted by Gasteiger charge is -2.11. The van der Waals surface area contributed by atoms with Crippen LogP contribution in [0.1, 0.15) is 26.3 Å². The molecular formula is C15H14BrClOS2. The minimum absolute atomic E-state index is 0.101. The molecule has 1 nitrogen and oxygen atoms in total. The van der Waals surface area contributed by atoms with E-state index in [0.29, 0.717) is 0 Å². The molecule has 0 aliphatic carbocycles. The van der Waals surface area contributed by atoms with Crippen molar-refractivity contribution in [3.63, 3.8) is 0 Å². The van der Waals surface area contributed by atoms with Crippen molar-refractivity contribution in [2.24, 2.45) is 0 Å². The summed E-state index contributed by atoms with van der Waals surface area (Å²) in [7, 11) is 1.67. The summed E-state index contributed by atoms with van der Waals surface area (Å²) in [6.45, 7) is 0. The Balaban J connectivity index is 1.92. The van der Waals surface area contributed by atoms with Gasteiger partial charge in [0.05, 0.1) is 12.5 Å². The van der Waals surface area contributed by atoms with Gasteiger partial charge in [-0.3, -0.25) is 0 Å². The van der Waals surface area contributed by atoms with E-state index in [1.54, 1.807) is 7.11 Å². The van der Waals surface area contributed by atoms with Gasteiger partial charge in [-0.05, 0) is 41.5 Å². The molecular weight excluding hydrogens is 376 g/mol. The number of thiophene rings is 1. The third-order valence-electron chi connectivity index (χ3n) is 3.38. The Morgan fingerprint density at radius 2 is 2.20 bits per heavy atom. The highest BCUT2D eigenvalue weighted by atomic mass is 79.9. The van der Waals surface area contributed by atoms with Crippen LogP contribution in [0.3, 0.4) is 0 Å². The van der Waals surface area contributed by atoms with E-state index in [2.05, 4.69) is 22.0 Å². The molecule has 2 heterocycles. The van der Waals surface area contributed by atoms with Crippen LogP contribution in [0.25, 0.3) is 0 Å². The van der Waals surface area contributed by atoms with Crippen molar-refractivity contribution in [2.45, 2.75) is 17.6 Å². The summed E-state index contributed by atoms with van der Waals surface area (Å²) >= 11 is 14.1. The second-order valence-electron chi connectivity index (χ2n) is 4.65. The zero-order valence-corrected chi connectivity index (χ0v) is 15.0. The largest absolute Gasteiger partial charge is 0.497 e. The molecule has 3 rings (SSSR count). The minimum atomic E-state index is -0.101. The standard InChI is InChI=1S/C15H14BrClOS2/c1-18-10-2-3-11(12(16)7-10)15(17)14-6-9-8-19-5-4-13(9)20-14/h2-3,6-7,15H,4-5,8H2,1H3. The third-order valence-corrected chi connectivity index (χ3v) is 6.97. The van der Waals surface area contributed by atoms with Crippen molar-refractivity contribution >= 4 is 50.6 Å². The van der Waals surface area contributed by atoms with Gasteiger partial charge < -0.3 is 4.74 Å². The lowest BCUT2D eigenvalue weighted by atomic mass is 10.1. The summed E-state index contributed by atoms with van der Waals surface area (Å²) in [5, 5.41) is -0.101. The number of thioether (sulfide) groups is 1. The Labute approximate surface area is 140 Å². The van der Waals surface area contributed by atoms with Crippen LogP contribution in [0.5, 0.6) is 5.75 Å². The molecule has 0 saturated carbocycles. The fraction of sp³-hybridized carbons (Fsp3) is 0.333. The summed E-state index contributed by atoms with van der Waals surface area (Å²) in [6, 6.07) is 8.24. The first-order valence-electron chi connectivity index (χ1n) is 6.36. The van der Waals surface area contributed by atoms with Crippen LogP contribution in [-0.2, 0) is 12.2 Å². The van der Waals surface area contributed by atoms with Gasteiger partial charge in [0.25, 0.3) is 0 Å². The van der Waals surface area contributed by atoms with Gasteiger partial charge in [-0.25, -0.2) is 0 Å². The molecule has 1 aromatic carbocycles. The van der Waals surface area contributed by atoms with Crippen molar-refractivity contribution in [1.29, 1.82) is 0 Å². The third kappa shape index (κ3) is 2.89. The van der Waals surface area contributed by atoms with Gasteiger partial charge in [0.15, 0.2) is 0 Å². The maximum atomic E-state index is 6.68. The molecule has 0 amide bonds. The molecule has 20 heavy (non-hydrogen) atoms. The van der Waals surface area contributed by atoms with Crippen LogP contribution in [0.15, 0.2) is 28.7 Å². The van der Waals surface area contributed by atoms with Gasteiger partial charge in [-0.15, -0.1) is 22.9 Å². The van der Waals surface area contributed by atoms with E-state index < -0.39 is 0 Å². The number of ether oxygens (including phenoxy) is 1. The fourth-order valence-corrected chi connectivity index (χ4v) is 5.77. The van der Waals surface area contributed by atoms with Gasteiger partial charge in [-0.2, -0.15) is 11.8 Å². The summed E-state index contributed by atoms with van der Waals surface area (Å²) in [4.78, 5) is 2.75. The van der Waals surface area contributed by atoms with E-state index in [1.165, 1.54) is 27.5 Å². The number of halogens is 2. The van der Waals surface area contributed by atoms with Gasteiger partial charge in [0.1, 0.15) is 5.75 Å². The summed E-state index contributed by atoms with van der Waals surface area (Å²) in [5.41, 5.74) is 2.57. The van der Waals surface area contributed by atoms with E-state index in [-0.39, 0.29) is 5.38 Å². The number of hydrogen-bond donors (Lipinski definition) is 0. The highest BCUT2D eigenvalue weighted by molar-refractivity contribution is 9.10. The molecule has 5 heteroatoms. The average molecular weight is 390 g/mol. The van der Waals surface area contributed by atoms with Gasteiger partial charge in [0.2, 0.25) is 0 Å². The highest BCUT2D eigenvalue weighted by Gasteiger charge is 2.20. The first kappa shape index (κ1) is 14.8. The Bertz CT molecular complexity index is 603. The lowest BCUT2D eigenvalue weighted by molar-refractivity contribution is 0.414.